The lowest BCUT2D eigenvalue weighted by Crippen LogP contribution is -2.23. The Balaban J connectivity index is 1.64. The molecule has 0 bridgehead atoms. The van der Waals surface area contributed by atoms with Crippen LogP contribution >= 0.6 is 0 Å². The van der Waals surface area contributed by atoms with Gasteiger partial charge in [-0.1, -0.05) is 48.5 Å². The predicted octanol–water partition coefficient (Wildman–Crippen LogP) is 6.52. The minimum Gasteiger partial charge on any atom is -0.316 e. The van der Waals surface area contributed by atoms with E-state index in [0.29, 0.717) is 22.6 Å². The minimum absolute atomic E-state index is 0.400. The molecular formula is C25H18F3N3O2S. The molecule has 1 heterocycles. The number of fused-ring (bicyclic) bond motifs is 3. The number of halogens is 3. The summed E-state index contributed by atoms with van der Waals surface area (Å²) in [7, 11) is 0. The third-order valence-electron chi connectivity index (χ3n) is 5.62. The molecule has 5 aromatic rings. The van der Waals surface area contributed by atoms with Crippen LogP contribution in [0.4, 0.5) is 18.9 Å². The third-order valence-corrected chi connectivity index (χ3v) is 5.89. The average Bonchev–Trinajstić information content (AvgIpc) is 3.29. The first-order valence-corrected chi connectivity index (χ1v) is 11.3. The van der Waals surface area contributed by atoms with Crippen molar-refractivity contribution in [1.29, 1.82) is 0 Å². The Kier molecular flexibility index (Phi) is 5.60. The standard InChI is InChI=1S/C25H18F3N3O2S/c26-25(27,28)19-14-24(31(15-19)21-11-9-20(10-12-21)29-30-34(32)33)18-8-7-17-6-5-16-3-1-2-4-22(16)23(17)13-18/h1-15,29-30H,(H,32,33). The summed E-state index contributed by atoms with van der Waals surface area (Å²) in [6.45, 7) is 0. The molecule has 3 N–H and O–H groups in total. The Morgan fingerprint density at radius 2 is 1.50 bits per heavy atom. The summed E-state index contributed by atoms with van der Waals surface area (Å²) in [5, 5.41) is 4.04. The minimum atomic E-state index is -4.50. The highest BCUT2D eigenvalue weighted by Gasteiger charge is 2.33. The fourth-order valence-corrected chi connectivity index (χ4v) is 4.23. The van der Waals surface area contributed by atoms with Crippen LogP contribution in [0.2, 0.25) is 0 Å². The zero-order valence-electron chi connectivity index (χ0n) is 17.5. The maximum Gasteiger partial charge on any atom is 0.417 e. The van der Waals surface area contributed by atoms with Gasteiger partial charge in [-0.2, -0.15) is 13.2 Å². The first-order chi connectivity index (χ1) is 16.3. The molecule has 0 amide bonds. The Bertz CT molecular complexity index is 1530. The molecule has 5 rings (SSSR count). The largest absolute Gasteiger partial charge is 0.417 e. The molecule has 0 aliphatic heterocycles. The predicted molar refractivity (Wildman–Crippen MR) is 129 cm³/mol. The van der Waals surface area contributed by atoms with Gasteiger partial charge in [0.25, 0.3) is 0 Å². The Labute approximate surface area is 195 Å². The summed E-state index contributed by atoms with van der Waals surface area (Å²) in [5.41, 5.74) is 3.84. The summed E-state index contributed by atoms with van der Waals surface area (Å²) >= 11 is -2.26. The van der Waals surface area contributed by atoms with E-state index >= 15 is 0 Å². The Morgan fingerprint density at radius 3 is 2.21 bits per heavy atom. The van der Waals surface area contributed by atoms with Gasteiger partial charge < -0.3 is 9.99 Å². The highest BCUT2D eigenvalue weighted by atomic mass is 32.2. The van der Waals surface area contributed by atoms with E-state index in [4.69, 9.17) is 4.55 Å². The average molecular weight is 481 g/mol. The van der Waals surface area contributed by atoms with Crippen LogP contribution in [0.25, 0.3) is 38.5 Å². The van der Waals surface area contributed by atoms with E-state index in [-0.39, 0.29) is 0 Å². The molecule has 0 aliphatic rings. The quantitative estimate of drug-likeness (QED) is 0.152. The molecule has 0 saturated heterocycles. The lowest BCUT2D eigenvalue weighted by Gasteiger charge is -2.12. The number of hydrazine groups is 1. The first kappa shape index (κ1) is 22.1. The SMILES string of the molecule is O=S(O)NNc1ccc(-n2cc(C(F)(F)F)cc2-c2ccc3ccc4ccccc4c3c2)cc1. The fraction of sp³-hybridized carbons (Fsp3) is 0.0400. The maximum absolute atomic E-state index is 13.6. The monoisotopic (exact) mass is 481 g/mol. The summed E-state index contributed by atoms with van der Waals surface area (Å²) in [6, 6.07) is 25.2. The summed E-state index contributed by atoms with van der Waals surface area (Å²) in [4.78, 5) is 2.14. The topological polar surface area (TPSA) is 66.3 Å². The first-order valence-electron chi connectivity index (χ1n) is 10.2. The molecule has 0 spiro atoms. The van der Waals surface area contributed by atoms with Crippen molar-refractivity contribution in [3.05, 3.63) is 96.7 Å². The molecule has 4 aromatic carbocycles. The number of nitrogens with zero attached hydrogens (tertiary/aromatic N) is 1. The van der Waals surface area contributed by atoms with Crippen molar-refractivity contribution in [2.45, 2.75) is 6.18 Å². The van der Waals surface area contributed by atoms with E-state index in [1.807, 2.05) is 54.6 Å². The zero-order chi connectivity index (χ0) is 23.9. The van der Waals surface area contributed by atoms with Gasteiger partial charge in [0, 0.05) is 17.6 Å². The number of aromatic nitrogens is 1. The molecule has 0 aliphatic carbocycles. The molecule has 5 nitrogen and oxygen atoms in total. The van der Waals surface area contributed by atoms with Crippen molar-refractivity contribution in [3.8, 4) is 16.9 Å². The van der Waals surface area contributed by atoms with Gasteiger partial charge in [-0.3, -0.25) is 4.55 Å². The van der Waals surface area contributed by atoms with E-state index in [9.17, 15) is 17.4 Å². The van der Waals surface area contributed by atoms with Gasteiger partial charge >= 0.3 is 6.18 Å². The van der Waals surface area contributed by atoms with E-state index < -0.39 is 23.0 Å². The van der Waals surface area contributed by atoms with Crippen LogP contribution in [0.5, 0.6) is 0 Å². The molecular weight excluding hydrogens is 463 g/mol. The number of rotatable bonds is 5. The van der Waals surface area contributed by atoms with Crippen molar-refractivity contribution in [2.24, 2.45) is 0 Å². The third kappa shape index (κ3) is 4.28. The van der Waals surface area contributed by atoms with Crippen LogP contribution in [0.15, 0.2) is 91.1 Å². The number of alkyl halides is 3. The van der Waals surface area contributed by atoms with Crippen LogP contribution in [-0.4, -0.2) is 13.3 Å². The van der Waals surface area contributed by atoms with E-state index in [1.165, 1.54) is 4.57 Å². The lowest BCUT2D eigenvalue weighted by atomic mass is 9.99. The molecule has 172 valence electrons. The number of nitrogens with one attached hydrogen (secondary N) is 2. The second-order valence-corrected chi connectivity index (χ2v) is 8.43. The fourth-order valence-electron chi connectivity index (χ4n) is 4.02. The van der Waals surface area contributed by atoms with Gasteiger partial charge in [-0.15, -0.1) is 4.83 Å². The van der Waals surface area contributed by atoms with E-state index in [2.05, 4.69) is 10.3 Å². The second-order valence-electron chi connectivity index (χ2n) is 7.73. The van der Waals surface area contributed by atoms with Crippen LogP contribution in [-0.2, 0) is 17.4 Å². The number of anilines is 1. The lowest BCUT2D eigenvalue weighted by molar-refractivity contribution is -0.137. The Hall–Kier alpha value is -3.66. The number of hydrogen-bond donors (Lipinski definition) is 3. The van der Waals surface area contributed by atoms with Crippen molar-refractivity contribution < 1.29 is 21.9 Å². The molecule has 34 heavy (non-hydrogen) atoms. The van der Waals surface area contributed by atoms with Crippen LogP contribution in [0.1, 0.15) is 5.56 Å². The highest BCUT2D eigenvalue weighted by molar-refractivity contribution is 7.77. The van der Waals surface area contributed by atoms with Gasteiger partial charge in [0.2, 0.25) is 11.3 Å². The smallest absolute Gasteiger partial charge is 0.316 e. The van der Waals surface area contributed by atoms with Gasteiger partial charge in [0.05, 0.1) is 11.3 Å². The molecule has 0 radical (unpaired) electrons. The van der Waals surface area contributed by atoms with Gasteiger partial charge in [0.15, 0.2) is 0 Å². The molecule has 1 atom stereocenters. The van der Waals surface area contributed by atoms with E-state index in [1.54, 1.807) is 24.3 Å². The summed E-state index contributed by atoms with van der Waals surface area (Å²) in [6.07, 6.45) is -3.42. The molecule has 0 fully saturated rings. The van der Waals surface area contributed by atoms with Gasteiger partial charge in [-0.05, 0) is 63.5 Å². The van der Waals surface area contributed by atoms with Crippen LogP contribution in [0.3, 0.4) is 0 Å². The Morgan fingerprint density at radius 1 is 0.824 bits per heavy atom. The van der Waals surface area contributed by atoms with Crippen molar-refractivity contribution in [1.82, 2.24) is 9.40 Å². The normalized spacial score (nSPS) is 12.8. The highest BCUT2D eigenvalue weighted by Crippen LogP contribution is 2.37. The molecule has 9 heteroatoms. The van der Waals surface area contributed by atoms with Crippen molar-refractivity contribution >= 4 is 38.5 Å². The molecule has 0 saturated carbocycles. The van der Waals surface area contributed by atoms with Gasteiger partial charge in [-0.25, -0.2) is 4.21 Å². The number of benzene rings is 4. The summed E-state index contributed by atoms with van der Waals surface area (Å²) < 4.78 is 62.0. The molecule has 1 aromatic heterocycles. The summed E-state index contributed by atoms with van der Waals surface area (Å²) in [5.74, 6) is 0. The van der Waals surface area contributed by atoms with Crippen LogP contribution in [0, 0.1) is 0 Å². The van der Waals surface area contributed by atoms with Crippen LogP contribution < -0.4 is 10.3 Å². The second kappa shape index (κ2) is 8.60. The van der Waals surface area contributed by atoms with Crippen molar-refractivity contribution in [3.63, 3.8) is 0 Å². The number of hydrogen-bond acceptors (Lipinski definition) is 2. The maximum atomic E-state index is 13.6. The molecule has 1 unspecified atom stereocenters. The zero-order valence-corrected chi connectivity index (χ0v) is 18.3. The van der Waals surface area contributed by atoms with Gasteiger partial charge in [0.1, 0.15) is 0 Å². The van der Waals surface area contributed by atoms with Crippen molar-refractivity contribution in [2.75, 3.05) is 5.43 Å². The van der Waals surface area contributed by atoms with E-state index in [0.717, 1.165) is 33.8 Å².